The molecule has 0 atom stereocenters. The van der Waals surface area contributed by atoms with Gasteiger partial charge >= 0.3 is 0 Å². The van der Waals surface area contributed by atoms with E-state index in [2.05, 4.69) is 23.7 Å². The molecule has 2 heterocycles. The highest BCUT2D eigenvalue weighted by atomic mass is 16.5. The third-order valence-electron chi connectivity index (χ3n) is 5.56. The minimum Gasteiger partial charge on any atom is -0.494 e. The smallest absolute Gasteiger partial charge is 0.211 e. The van der Waals surface area contributed by atoms with Gasteiger partial charge in [-0.25, -0.2) is 4.98 Å². The maximum Gasteiger partial charge on any atom is 0.211 e. The van der Waals surface area contributed by atoms with Gasteiger partial charge in [0.25, 0.3) is 0 Å². The molecule has 31 heavy (non-hydrogen) atoms. The average Bonchev–Trinajstić information content (AvgIpc) is 3.20. The summed E-state index contributed by atoms with van der Waals surface area (Å²) >= 11 is 0. The fourth-order valence-electron chi connectivity index (χ4n) is 3.68. The fourth-order valence-corrected chi connectivity index (χ4v) is 3.68. The van der Waals surface area contributed by atoms with Crippen molar-refractivity contribution in [3.8, 4) is 5.75 Å². The zero-order chi connectivity index (χ0) is 22.1. The van der Waals surface area contributed by atoms with Crippen LogP contribution in [0.5, 0.6) is 5.75 Å². The predicted octanol–water partition coefficient (Wildman–Crippen LogP) is 5.54. The molecule has 2 aromatic heterocycles. The van der Waals surface area contributed by atoms with Gasteiger partial charge in [-0.3, -0.25) is 9.20 Å². The summed E-state index contributed by atoms with van der Waals surface area (Å²) in [6, 6.07) is 11.4. The Morgan fingerprint density at radius 1 is 1.00 bits per heavy atom. The molecule has 0 saturated carbocycles. The number of benzene rings is 1. The summed E-state index contributed by atoms with van der Waals surface area (Å²) in [5.74, 6) is 0.768. The molecule has 0 saturated heterocycles. The summed E-state index contributed by atoms with van der Waals surface area (Å²) in [7, 11) is 0. The summed E-state index contributed by atoms with van der Waals surface area (Å²) in [4.78, 5) is 19.8. The number of aromatic nitrogens is 2. The van der Waals surface area contributed by atoms with Crippen molar-refractivity contribution in [2.75, 3.05) is 26.2 Å². The van der Waals surface area contributed by atoms with E-state index < -0.39 is 0 Å². The van der Waals surface area contributed by atoms with E-state index in [1.54, 1.807) is 6.20 Å². The van der Waals surface area contributed by atoms with Crippen molar-refractivity contribution in [3.63, 3.8) is 0 Å². The third kappa shape index (κ3) is 6.41. The molecule has 0 spiro atoms. The molecular weight excluding hydrogens is 386 g/mol. The molecule has 0 amide bonds. The molecule has 5 heteroatoms. The number of rotatable bonds is 13. The molecule has 0 aliphatic rings. The first-order valence-corrected chi connectivity index (χ1v) is 11.6. The zero-order valence-corrected chi connectivity index (χ0v) is 19.1. The Labute approximate surface area is 186 Å². The van der Waals surface area contributed by atoms with E-state index in [4.69, 9.17) is 4.74 Å². The van der Waals surface area contributed by atoms with Crippen LogP contribution in [0.1, 0.15) is 67.6 Å². The van der Waals surface area contributed by atoms with Gasteiger partial charge in [0.05, 0.1) is 12.8 Å². The van der Waals surface area contributed by atoms with Crippen LogP contribution in [0.3, 0.4) is 0 Å². The number of aryl methyl sites for hydroxylation is 1. The minimum atomic E-state index is -0.0367. The standard InChI is InChI=1S/C26H35N3O2/c1-4-6-14-28(15-7-5-2)16-8-18-31-23-11-9-22(10-12-23)26(30)24-20-27-25-19-21(3)13-17-29(24)25/h9-13,17,19-20H,4-8,14-16,18H2,1-3H3. The maximum absolute atomic E-state index is 12.9. The van der Waals surface area contributed by atoms with Crippen molar-refractivity contribution in [2.45, 2.75) is 52.9 Å². The normalized spacial score (nSPS) is 11.4. The molecular formula is C26H35N3O2. The van der Waals surface area contributed by atoms with E-state index >= 15 is 0 Å². The SMILES string of the molecule is CCCCN(CCCC)CCCOc1ccc(C(=O)c2cnc3cc(C)ccn23)cc1. The van der Waals surface area contributed by atoms with Crippen molar-refractivity contribution >= 4 is 11.4 Å². The van der Waals surface area contributed by atoms with Crippen LogP contribution >= 0.6 is 0 Å². The third-order valence-corrected chi connectivity index (χ3v) is 5.56. The summed E-state index contributed by atoms with van der Waals surface area (Å²) < 4.78 is 7.75. The van der Waals surface area contributed by atoms with E-state index in [9.17, 15) is 4.79 Å². The van der Waals surface area contributed by atoms with E-state index in [-0.39, 0.29) is 5.78 Å². The second kappa shape index (κ2) is 11.7. The lowest BCUT2D eigenvalue weighted by Gasteiger charge is -2.21. The van der Waals surface area contributed by atoms with E-state index in [0.717, 1.165) is 29.9 Å². The second-order valence-corrected chi connectivity index (χ2v) is 8.18. The number of hydrogen-bond acceptors (Lipinski definition) is 4. The molecule has 0 aliphatic carbocycles. The summed E-state index contributed by atoms with van der Waals surface area (Å²) in [6.45, 7) is 10.6. The van der Waals surface area contributed by atoms with E-state index in [0.29, 0.717) is 17.9 Å². The highest BCUT2D eigenvalue weighted by Crippen LogP contribution is 2.17. The number of ether oxygens (including phenoxy) is 1. The van der Waals surface area contributed by atoms with Crippen LogP contribution in [0.25, 0.3) is 5.65 Å². The molecule has 0 bridgehead atoms. The molecule has 0 N–H and O–H groups in total. The van der Waals surface area contributed by atoms with Gasteiger partial charge < -0.3 is 9.64 Å². The number of nitrogens with zero attached hydrogens (tertiary/aromatic N) is 3. The Kier molecular flexibility index (Phi) is 8.65. The lowest BCUT2D eigenvalue weighted by Crippen LogP contribution is -2.28. The first-order valence-electron chi connectivity index (χ1n) is 11.6. The van der Waals surface area contributed by atoms with Crippen LogP contribution < -0.4 is 4.74 Å². The maximum atomic E-state index is 12.9. The number of unbranched alkanes of at least 4 members (excludes halogenated alkanes) is 2. The lowest BCUT2D eigenvalue weighted by molar-refractivity contribution is 0.103. The van der Waals surface area contributed by atoms with Crippen molar-refractivity contribution in [2.24, 2.45) is 0 Å². The Morgan fingerprint density at radius 3 is 2.35 bits per heavy atom. The van der Waals surface area contributed by atoms with Crippen molar-refractivity contribution in [1.29, 1.82) is 0 Å². The number of imidazole rings is 1. The van der Waals surface area contributed by atoms with Crippen LogP contribution in [0.4, 0.5) is 0 Å². The molecule has 0 radical (unpaired) electrons. The monoisotopic (exact) mass is 421 g/mol. The van der Waals surface area contributed by atoms with Crippen LogP contribution in [0.2, 0.25) is 0 Å². The number of carbonyl (C=O) groups excluding carboxylic acids is 1. The number of ketones is 1. The Hall–Kier alpha value is -2.66. The lowest BCUT2D eigenvalue weighted by atomic mass is 10.1. The summed E-state index contributed by atoms with van der Waals surface area (Å²) in [5.41, 5.74) is 3.12. The first kappa shape index (κ1) is 23.0. The number of carbonyl (C=O) groups is 1. The van der Waals surface area contributed by atoms with Gasteiger partial charge in [-0.1, -0.05) is 26.7 Å². The largest absolute Gasteiger partial charge is 0.494 e. The van der Waals surface area contributed by atoms with Gasteiger partial charge in [0.2, 0.25) is 5.78 Å². The quantitative estimate of drug-likeness (QED) is 0.268. The van der Waals surface area contributed by atoms with Gasteiger partial charge in [-0.15, -0.1) is 0 Å². The molecule has 3 aromatic rings. The zero-order valence-electron chi connectivity index (χ0n) is 19.1. The summed E-state index contributed by atoms with van der Waals surface area (Å²) in [6.07, 6.45) is 9.53. The van der Waals surface area contributed by atoms with Gasteiger partial charge in [0, 0.05) is 18.3 Å². The fraction of sp³-hybridized carbons (Fsp3) is 0.462. The molecule has 0 fully saturated rings. The summed E-state index contributed by atoms with van der Waals surface area (Å²) in [5, 5.41) is 0. The van der Waals surface area contributed by atoms with Gasteiger partial charge in [-0.05, 0) is 81.2 Å². The van der Waals surface area contributed by atoms with Gasteiger partial charge in [0.15, 0.2) is 0 Å². The topological polar surface area (TPSA) is 46.8 Å². The molecule has 3 rings (SSSR count). The van der Waals surface area contributed by atoms with Crippen molar-refractivity contribution in [1.82, 2.24) is 14.3 Å². The number of hydrogen-bond donors (Lipinski definition) is 0. The van der Waals surface area contributed by atoms with Gasteiger partial charge in [0.1, 0.15) is 17.1 Å². The highest BCUT2D eigenvalue weighted by Gasteiger charge is 2.14. The van der Waals surface area contributed by atoms with E-state index in [1.165, 1.54) is 38.8 Å². The minimum absolute atomic E-state index is 0.0367. The predicted molar refractivity (Wildman–Crippen MR) is 126 cm³/mol. The van der Waals surface area contributed by atoms with Crippen LogP contribution in [0, 0.1) is 6.92 Å². The Morgan fingerprint density at radius 2 is 1.68 bits per heavy atom. The average molecular weight is 422 g/mol. The molecule has 166 valence electrons. The van der Waals surface area contributed by atoms with Crippen molar-refractivity contribution < 1.29 is 9.53 Å². The van der Waals surface area contributed by atoms with Crippen molar-refractivity contribution in [3.05, 3.63) is 65.6 Å². The number of pyridine rings is 1. The highest BCUT2D eigenvalue weighted by molar-refractivity contribution is 6.08. The number of fused-ring (bicyclic) bond motifs is 1. The Balaban J connectivity index is 1.52. The molecule has 1 aromatic carbocycles. The van der Waals surface area contributed by atoms with E-state index in [1.807, 2.05) is 53.9 Å². The second-order valence-electron chi connectivity index (χ2n) is 8.18. The Bertz CT molecular complexity index is 954. The van der Waals surface area contributed by atoms with Crippen LogP contribution in [0.15, 0.2) is 48.8 Å². The first-order chi connectivity index (χ1) is 15.1. The van der Waals surface area contributed by atoms with Gasteiger partial charge in [-0.2, -0.15) is 0 Å². The molecule has 0 unspecified atom stereocenters. The molecule has 5 nitrogen and oxygen atoms in total. The molecule has 0 aliphatic heterocycles. The van der Waals surface area contributed by atoms with Crippen LogP contribution in [-0.4, -0.2) is 46.3 Å². The van der Waals surface area contributed by atoms with Crippen LogP contribution in [-0.2, 0) is 0 Å².